The number of anilines is 2. The molecule has 0 atom stereocenters. The first-order valence-electron chi connectivity index (χ1n) is 11.6. The molecule has 0 radical (unpaired) electrons. The monoisotopic (exact) mass is 607 g/mol. The van der Waals surface area contributed by atoms with E-state index in [2.05, 4.69) is 26.0 Å². The van der Waals surface area contributed by atoms with Gasteiger partial charge in [-0.05, 0) is 67.7 Å². The fourth-order valence-electron chi connectivity index (χ4n) is 4.09. The second-order valence-corrected chi connectivity index (χ2v) is 11.2. The van der Waals surface area contributed by atoms with E-state index in [9.17, 15) is 4.39 Å². The zero-order valence-electron chi connectivity index (χ0n) is 19.9. The zero-order valence-corrected chi connectivity index (χ0v) is 24.0. The first kappa shape index (κ1) is 28.5. The van der Waals surface area contributed by atoms with Gasteiger partial charge in [0.15, 0.2) is 16.7 Å². The molecule has 12 heteroatoms. The van der Waals surface area contributed by atoms with Gasteiger partial charge in [-0.1, -0.05) is 11.8 Å². The van der Waals surface area contributed by atoms with E-state index in [-0.39, 0.29) is 30.6 Å². The zero-order chi connectivity index (χ0) is 24.3. The molecule has 0 saturated carbocycles. The van der Waals surface area contributed by atoms with E-state index in [0.29, 0.717) is 23.2 Å². The van der Waals surface area contributed by atoms with Gasteiger partial charge in [-0.2, -0.15) is 0 Å². The Bertz CT molecular complexity index is 1490. The number of nitrogens with zero attached hydrogens (tertiary/aromatic N) is 3. The Labute approximate surface area is 244 Å². The van der Waals surface area contributed by atoms with Crippen molar-refractivity contribution in [3.8, 4) is 11.5 Å². The highest BCUT2D eigenvalue weighted by molar-refractivity contribution is 7.99. The number of pyridine rings is 2. The number of piperidine rings is 1. The number of thiazole rings is 1. The van der Waals surface area contributed by atoms with Crippen LogP contribution in [0, 0.1) is 5.82 Å². The van der Waals surface area contributed by atoms with Crippen LogP contribution >= 0.6 is 59.2 Å². The molecule has 198 valence electrons. The van der Waals surface area contributed by atoms with Gasteiger partial charge in [-0.25, -0.2) is 14.4 Å². The van der Waals surface area contributed by atoms with Crippen molar-refractivity contribution in [2.24, 2.45) is 0 Å². The second kappa shape index (κ2) is 13.1. The van der Waals surface area contributed by atoms with Crippen LogP contribution in [-0.4, -0.2) is 28.0 Å². The smallest absolute Gasteiger partial charge is 0.188 e. The molecule has 1 aromatic carbocycles. The molecule has 5 heterocycles. The van der Waals surface area contributed by atoms with Crippen LogP contribution in [0.15, 0.2) is 75.4 Å². The largest absolute Gasteiger partial charge is 0.453 e. The van der Waals surface area contributed by atoms with Crippen LogP contribution in [0.25, 0.3) is 10.2 Å². The maximum atomic E-state index is 13.5. The fourth-order valence-corrected chi connectivity index (χ4v) is 6.76. The third-order valence-electron chi connectivity index (χ3n) is 5.91. The molecule has 4 aromatic heterocycles. The molecular formula is C26H24Cl2FN5OS3. The minimum absolute atomic E-state index is 0. The molecule has 1 fully saturated rings. The van der Waals surface area contributed by atoms with Crippen LogP contribution in [0.2, 0.25) is 0 Å². The van der Waals surface area contributed by atoms with Gasteiger partial charge in [0.05, 0.1) is 15.9 Å². The van der Waals surface area contributed by atoms with E-state index in [0.717, 1.165) is 56.8 Å². The molecule has 1 saturated heterocycles. The minimum Gasteiger partial charge on any atom is -0.453 e. The van der Waals surface area contributed by atoms with Gasteiger partial charge in [0.25, 0.3) is 0 Å². The summed E-state index contributed by atoms with van der Waals surface area (Å²) in [6, 6.07) is 11.9. The summed E-state index contributed by atoms with van der Waals surface area (Å²) in [6.07, 6.45) is 5.84. The fraction of sp³-hybridized carbons (Fsp3) is 0.192. The Kier molecular flexibility index (Phi) is 9.80. The first-order chi connectivity index (χ1) is 17.7. The summed E-state index contributed by atoms with van der Waals surface area (Å²) in [5, 5.41) is 11.7. The van der Waals surface area contributed by atoms with Gasteiger partial charge in [-0.15, -0.1) is 47.5 Å². The number of fused-ring (bicyclic) bond motifs is 1. The topological polar surface area (TPSA) is 72.0 Å². The van der Waals surface area contributed by atoms with Crippen LogP contribution in [0.3, 0.4) is 0 Å². The molecule has 6 nitrogen and oxygen atoms in total. The molecule has 2 N–H and O–H groups in total. The Balaban J connectivity index is 0.00000168. The van der Waals surface area contributed by atoms with Gasteiger partial charge in [0, 0.05) is 39.5 Å². The molecule has 38 heavy (non-hydrogen) atoms. The van der Waals surface area contributed by atoms with Gasteiger partial charge in [0.2, 0.25) is 0 Å². The predicted octanol–water partition coefficient (Wildman–Crippen LogP) is 8.28. The normalized spacial score (nSPS) is 13.5. The molecule has 0 bridgehead atoms. The number of thiophene rings is 1. The van der Waals surface area contributed by atoms with Crippen molar-refractivity contribution < 1.29 is 9.13 Å². The predicted molar refractivity (Wildman–Crippen MR) is 159 cm³/mol. The molecule has 5 aromatic rings. The van der Waals surface area contributed by atoms with Crippen molar-refractivity contribution in [3.63, 3.8) is 0 Å². The van der Waals surface area contributed by atoms with E-state index < -0.39 is 0 Å². The highest BCUT2D eigenvalue weighted by Gasteiger charge is 2.19. The third kappa shape index (κ3) is 6.56. The van der Waals surface area contributed by atoms with Crippen LogP contribution in [0.1, 0.15) is 24.5 Å². The Hall–Kier alpha value is -2.47. The lowest BCUT2D eigenvalue weighted by Gasteiger charge is -2.20. The maximum absolute atomic E-state index is 13.5. The highest BCUT2D eigenvalue weighted by atomic mass is 35.5. The van der Waals surface area contributed by atoms with Gasteiger partial charge < -0.3 is 15.4 Å². The third-order valence-corrected chi connectivity index (χ3v) is 8.77. The quantitative estimate of drug-likeness (QED) is 0.193. The number of hydrogen-bond acceptors (Lipinski definition) is 9. The molecule has 0 aliphatic carbocycles. The van der Waals surface area contributed by atoms with Crippen molar-refractivity contribution in [2.45, 2.75) is 28.6 Å². The summed E-state index contributed by atoms with van der Waals surface area (Å²) >= 11 is 4.84. The molecule has 0 spiro atoms. The molecule has 1 aliphatic heterocycles. The summed E-state index contributed by atoms with van der Waals surface area (Å²) in [4.78, 5) is 16.0. The van der Waals surface area contributed by atoms with Crippen molar-refractivity contribution in [2.75, 3.05) is 18.4 Å². The number of rotatable bonds is 7. The standard InChI is InChI=1S/C26H22FN5OS3.2ClH/c27-17-1-3-18(4-2-17)33-22-13-19(36-23-7-11-29-20-8-12-34-24(20)23)14-30-25(22)32-26-31-21(15-35-26)16-5-9-28-10-6-16;;/h1-4,7-8,11-16,28H,5-6,9-10H2,(H,30,31,32);2*1H. The van der Waals surface area contributed by atoms with Crippen molar-refractivity contribution in [1.82, 2.24) is 20.3 Å². The Morgan fingerprint density at radius 3 is 2.66 bits per heavy atom. The number of halogens is 3. The number of ether oxygens (including phenoxy) is 1. The van der Waals surface area contributed by atoms with E-state index in [1.807, 2.05) is 36.0 Å². The second-order valence-electron chi connectivity index (χ2n) is 8.35. The van der Waals surface area contributed by atoms with Crippen molar-refractivity contribution >= 4 is 80.4 Å². The molecule has 0 amide bonds. The van der Waals surface area contributed by atoms with Gasteiger partial charge in [-0.3, -0.25) is 4.98 Å². The van der Waals surface area contributed by atoms with Crippen LogP contribution < -0.4 is 15.4 Å². The summed E-state index contributed by atoms with van der Waals surface area (Å²) < 4.78 is 20.8. The van der Waals surface area contributed by atoms with E-state index in [1.165, 1.54) is 12.1 Å². The van der Waals surface area contributed by atoms with E-state index >= 15 is 0 Å². The molecule has 1 aliphatic rings. The van der Waals surface area contributed by atoms with Crippen LogP contribution in [0.4, 0.5) is 15.3 Å². The number of aromatic nitrogens is 3. The summed E-state index contributed by atoms with van der Waals surface area (Å²) in [7, 11) is 0. The molecular weight excluding hydrogens is 584 g/mol. The maximum Gasteiger partial charge on any atom is 0.188 e. The van der Waals surface area contributed by atoms with Gasteiger partial charge >= 0.3 is 0 Å². The van der Waals surface area contributed by atoms with Crippen LogP contribution in [0.5, 0.6) is 11.5 Å². The van der Waals surface area contributed by atoms with E-state index in [1.54, 1.807) is 46.6 Å². The average molecular weight is 609 g/mol. The number of benzene rings is 1. The van der Waals surface area contributed by atoms with Gasteiger partial charge in [0.1, 0.15) is 11.6 Å². The van der Waals surface area contributed by atoms with E-state index in [4.69, 9.17) is 9.72 Å². The first-order valence-corrected chi connectivity index (χ1v) is 14.2. The average Bonchev–Trinajstić information content (AvgIpc) is 3.58. The van der Waals surface area contributed by atoms with Crippen LogP contribution in [-0.2, 0) is 0 Å². The number of nitrogens with one attached hydrogen (secondary N) is 2. The SMILES string of the molecule is Cl.Cl.Fc1ccc(Oc2cc(Sc3ccnc4ccsc34)cnc2Nc2nc(C3CCNCC3)cs2)cc1. The van der Waals surface area contributed by atoms with Crippen molar-refractivity contribution in [3.05, 3.63) is 77.1 Å². The lowest BCUT2D eigenvalue weighted by atomic mass is 9.96. The molecule has 0 unspecified atom stereocenters. The minimum atomic E-state index is -0.311. The Morgan fingerprint density at radius 2 is 1.84 bits per heavy atom. The Morgan fingerprint density at radius 1 is 1.03 bits per heavy atom. The summed E-state index contributed by atoms with van der Waals surface area (Å²) in [5.74, 6) is 1.80. The highest BCUT2D eigenvalue weighted by Crippen LogP contribution is 2.40. The summed E-state index contributed by atoms with van der Waals surface area (Å²) in [6.45, 7) is 2.05. The molecule has 6 rings (SSSR count). The summed E-state index contributed by atoms with van der Waals surface area (Å²) in [5.41, 5.74) is 2.10. The lowest BCUT2D eigenvalue weighted by molar-refractivity contribution is 0.455. The lowest BCUT2D eigenvalue weighted by Crippen LogP contribution is -2.26. The number of hydrogen-bond donors (Lipinski definition) is 2. The van der Waals surface area contributed by atoms with Crippen molar-refractivity contribution in [1.29, 1.82) is 0 Å².